The predicted molar refractivity (Wildman–Crippen MR) is 122 cm³/mol. The van der Waals surface area contributed by atoms with Crippen LogP contribution in [0.5, 0.6) is 0 Å². The molecular weight excluding hydrogens is 423 g/mol. The molecular formula is C25H35FN4O3. The van der Waals surface area contributed by atoms with E-state index in [4.69, 9.17) is 0 Å². The first kappa shape index (κ1) is 23.5. The lowest BCUT2D eigenvalue weighted by molar-refractivity contribution is -0.134. The zero-order valence-corrected chi connectivity index (χ0v) is 19.3. The van der Waals surface area contributed by atoms with Crippen LogP contribution in [0, 0.1) is 29.0 Å². The highest BCUT2D eigenvalue weighted by Gasteiger charge is 2.51. The molecule has 8 heteroatoms. The molecule has 0 spiro atoms. The number of carbonyl (C=O) groups excluding carboxylic acids is 3. The van der Waals surface area contributed by atoms with Gasteiger partial charge in [0, 0.05) is 13.0 Å². The molecule has 4 saturated carbocycles. The molecule has 1 aromatic rings. The van der Waals surface area contributed by atoms with Gasteiger partial charge in [-0.05, 0) is 85.8 Å². The van der Waals surface area contributed by atoms with E-state index in [0.29, 0.717) is 19.3 Å². The van der Waals surface area contributed by atoms with E-state index in [1.165, 1.54) is 31.4 Å². The first-order valence-electron chi connectivity index (χ1n) is 12.2. The summed E-state index contributed by atoms with van der Waals surface area (Å²) in [5.74, 6) is 1.38. The minimum absolute atomic E-state index is 0.102. The normalized spacial score (nSPS) is 28.1. The van der Waals surface area contributed by atoms with Gasteiger partial charge in [-0.3, -0.25) is 20.4 Å². The molecule has 5 rings (SSSR count). The van der Waals surface area contributed by atoms with Gasteiger partial charge in [0.15, 0.2) is 0 Å². The zero-order chi connectivity index (χ0) is 23.4. The molecule has 4 aliphatic rings. The van der Waals surface area contributed by atoms with Crippen LogP contribution in [0.15, 0.2) is 24.3 Å². The summed E-state index contributed by atoms with van der Waals surface area (Å²) >= 11 is 0. The van der Waals surface area contributed by atoms with E-state index in [9.17, 15) is 18.8 Å². The van der Waals surface area contributed by atoms with Crippen LogP contribution in [0.3, 0.4) is 0 Å². The molecule has 0 saturated heterocycles. The summed E-state index contributed by atoms with van der Waals surface area (Å²) in [5, 5.41) is 5.33. The Morgan fingerprint density at radius 2 is 1.61 bits per heavy atom. The number of halogens is 1. The van der Waals surface area contributed by atoms with Gasteiger partial charge in [0.25, 0.3) is 5.91 Å². The molecule has 0 radical (unpaired) electrons. The minimum Gasteiger partial charge on any atom is -0.334 e. The van der Waals surface area contributed by atoms with Crippen LogP contribution in [0.1, 0.15) is 70.3 Å². The van der Waals surface area contributed by atoms with Crippen molar-refractivity contribution in [2.75, 3.05) is 0 Å². The summed E-state index contributed by atoms with van der Waals surface area (Å²) in [6.07, 6.45) is 8.97. The summed E-state index contributed by atoms with van der Waals surface area (Å²) in [5.41, 5.74) is 5.95. The Morgan fingerprint density at radius 1 is 1.00 bits per heavy atom. The average Bonchev–Trinajstić information content (AvgIpc) is 2.75. The summed E-state index contributed by atoms with van der Waals surface area (Å²) in [6, 6.07) is 4.58. The molecule has 1 atom stereocenters. The third kappa shape index (κ3) is 6.03. The molecule has 0 aliphatic heterocycles. The van der Waals surface area contributed by atoms with Crippen LogP contribution in [0.4, 0.5) is 9.18 Å². The first-order valence-corrected chi connectivity index (χ1v) is 12.2. The standard InChI is InChI=1S/C25H35FN4O3/c1-2-3-21(28-24(33)27-15-16-4-6-20(26)7-5-16)23(32)30-29-22(31)14-25-11-17-8-18(12-25)10-19(9-17)13-25/h4-7,17-19,21H,2-3,8-15H2,1H3,(H,29,31)(H,30,32)(H2,27,28,33). The van der Waals surface area contributed by atoms with E-state index >= 15 is 0 Å². The second kappa shape index (κ2) is 10.1. The van der Waals surface area contributed by atoms with Crippen molar-refractivity contribution in [1.82, 2.24) is 21.5 Å². The Labute approximate surface area is 194 Å². The van der Waals surface area contributed by atoms with Crippen molar-refractivity contribution in [2.45, 2.75) is 77.3 Å². The number of hydrogen-bond donors (Lipinski definition) is 4. The Morgan fingerprint density at radius 3 is 2.18 bits per heavy atom. The van der Waals surface area contributed by atoms with E-state index in [1.807, 2.05) is 6.92 Å². The van der Waals surface area contributed by atoms with Gasteiger partial charge in [0.05, 0.1) is 0 Å². The van der Waals surface area contributed by atoms with Crippen molar-refractivity contribution >= 4 is 17.8 Å². The van der Waals surface area contributed by atoms with Gasteiger partial charge in [-0.1, -0.05) is 25.5 Å². The maximum absolute atomic E-state index is 13.0. The molecule has 4 aliphatic carbocycles. The van der Waals surface area contributed by atoms with Crippen LogP contribution in [-0.2, 0) is 16.1 Å². The van der Waals surface area contributed by atoms with E-state index in [1.54, 1.807) is 12.1 Å². The van der Waals surface area contributed by atoms with Gasteiger partial charge in [-0.2, -0.15) is 0 Å². The molecule has 4 fully saturated rings. The summed E-state index contributed by atoms with van der Waals surface area (Å²) < 4.78 is 13.0. The predicted octanol–water partition coefficient (Wildman–Crippen LogP) is 3.55. The number of hydrazine groups is 1. The molecule has 1 aromatic carbocycles. The maximum atomic E-state index is 13.0. The Balaban J connectivity index is 1.22. The first-order chi connectivity index (χ1) is 15.8. The highest BCUT2D eigenvalue weighted by Crippen LogP contribution is 2.61. The van der Waals surface area contributed by atoms with Gasteiger partial charge in [0.1, 0.15) is 11.9 Å². The van der Waals surface area contributed by atoms with Crippen molar-refractivity contribution in [2.24, 2.45) is 23.2 Å². The summed E-state index contributed by atoms with van der Waals surface area (Å²) in [6.45, 7) is 2.14. The van der Waals surface area contributed by atoms with Crippen molar-refractivity contribution in [3.05, 3.63) is 35.6 Å². The van der Waals surface area contributed by atoms with Crippen molar-refractivity contribution in [1.29, 1.82) is 0 Å². The second-order valence-corrected chi connectivity index (χ2v) is 10.4. The van der Waals surface area contributed by atoms with Gasteiger partial charge >= 0.3 is 6.03 Å². The number of carbonyl (C=O) groups is 3. The molecule has 4 N–H and O–H groups in total. The molecule has 0 aromatic heterocycles. The maximum Gasteiger partial charge on any atom is 0.315 e. The molecule has 33 heavy (non-hydrogen) atoms. The Hall–Kier alpha value is -2.64. The van der Waals surface area contributed by atoms with Crippen molar-refractivity contribution in [3.63, 3.8) is 0 Å². The second-order valence-electron chi connectivity index (χ2n) is 10.4. The number of nitrogens with one attached hydrogen (secondary N) is 4. The fourth-order valence-corrected chi connectivity index (χ4v) is 6.66. The van der Waals surface area contributed by atoms with Crippen LogP contribution in [0.25, 0.3) is 0 Å². The van der Waals surface area contributed by atoms with E-state index < -0.39 is 18.0 Å². The number of amides is 4. The molecule has 7 nitrogen and oxygen atoms in total. The molecule has 1 unspecified atom stereocenters. The summed E-state index contributed by atoms with van der Waals surface area (Å²) in [4.78, 5) is 37.6. The fourth-order valence-electron chi connectivity index (χ4n) is 6.66. The minimum atomic E-state index is -0.761. The monoisotopic (exact) mass is 458 g/mol. The van der Waals surface area contributed by atoms with Crippen LogP contribution < -0.4 is 21.5 Å². The van der Waals surface area contributed by atoms with Gasteiger partial charge in [0.2, 0.25) is 5.91 Å². The number of benzene rings is 1. The van der Waals surface area contributed by atoms with Crippen molar-refractivity contribution < 1.29 is 18.8 Å². The largest absolute Gasteiger partial charge is 0.334 e. The quantitative estimate of drug-likeness (QED) is 0.448. The van der Waals surface area contributed by atoms with E-state index in [-0.39, 0.29) is 23.7 Å². The van der Waals surface area contributed by atoms with Crippen LogP contribution in [0.2, 0.25) is 0 Å². The number of hydrogen-bond acceptors (Lipinski definition) is 3. The van der Waals surface area contributed by atoms with Crippen LogP contribution >= 0.6 is 0 Å². The third-order valence-electron chi connectivity index (χ3n) is 7.59. The topological polar surface area (TPSA) is 99.3 Å². The third-order valence-corrected chi connectivity index (χ3v) is 7.59. The average molecular weight is 459 g/mol. The van der Waals surface area contributed by atoms with Crippen molar-refractivity contribution in [3.8, 4) is 0 Å². The molecule has 180 valence electrons. The highest BCUT2D eigenvalue weighted by molar-refractivity contribution is 5.88. The lowest BCUT2D eigenvalue weighted by atomic mass is 9.49. The highest BCUT2D eigenvalue weighted by atomic mass is 19.1. The Bertz CT molecular complexity index is 838. The van der Waals surface area contributed by atoms with E-state index in [2.05, 4.69) is 21.5 Å². The lowest BCUT2D eigenvalue weighted by Crippen LogP contribution is -2.55. The molecule has 0 heterocycles. The number of rotatable bonds is 8. The zero-order valence-electron chi connectivity index (χ0n) is 19.3. The van der Waals surface area contributed by atoms with Crippen LogP contribution in [-0.4, -0.2) is 23.9 Å². The smallest absolute Gasteiger partial charge is 0.315 e. The van der Waals surface area contributed by atoms with Gasteiger partial charge < -0.3 is 10.6 Å². The van der Waals surface area contributed by atoms with E-state index in [0.717, 1.165) is 42.6 Å². The SMILES string of the molecule is CCCC(NC(=O)NCc1ccc(F)cc1)C(=O)NNC(=O)CC12CC3CC(CC(C3)C1)C2. The number of urea groups is 1. The summed E-state index contributed by atoms with van der Waals surface area (Å²) in [7, 11) is 0. The Kier molecular flexibility index (Phi) is 7.20. The fraction of sp³-hybridized carbons (Fsp3) is 0.640. The van der Waals surface area contributed by atoms with Gasteiger partial charge in [-0.25, -0.2) is 9.18 Å². The lowest BCUT2D eigenvalue weighted by Gasteiger charge is -2.56. The molecule has 4 bridgehead atoms. The van der Waals surface area contributed by atoms with Gasteiger partial charge in [-0.15, -0.1) is 0 Å². The molecule has 4 amide bonds.